The first-order chi connectivity index (χ1) is 13.8. The lowest BCUT2D eigenvalue weighted by molar-refractivity contribution is -0.118. The van der Waals surface area contributed by atoms with Crippen molar-refractivity contribution in [2.45, 2.75) is 17.7 Å². The zero-order valence-electron chi connectivity index (χ0n) is 15.0. The van der Waals surface area contributed by atoms with E-state index in [1.807, 2.05) is 54.6 Å². The summed E-state index contributed by atoms with van der Waals surface area (Å²) in [6.45, 7) is 0.883. The molecule has 0 saturated carbocycles. The molecule has 144 valence electrons. The number of hydrogen-bond donors (Lipinski definition) is 1. The molecule has 0 bridgehead atoms. The summed E-state index contributed by atoms with van der Waals surface area (Å²) < 4.78 is 17.1. The molecule has 28 heavy (non-hydrogen) atoms. The maximum absolute atomic E-state index is 12.0. The Labute approximate surface area is 166 Å². The Morgan fingerprint density at radius 2 is 1.86 bits per heavy atom. The van der Waals surface area contributed by atoms with Crippen molar-refractivity contribution in [1.82, 2.24) is 15.5 Å². The van der Waals surface area contributed by atoms with Gasteiger partial charge in [0.1, 0.15) is 6.61 Å². The second-order valence-electron chi connectivity index (χ2n) is 6.14. The molecule has 1 aromatic heterocycles. The van der Waals surface area contributed by atoms with E-state index in [0.29, 0.717) is 35.8 Å². The molecule has 4 rings (SSSR count). The van der Waals surface area contributed by atoms with E-state index < -0.39 is 6.10 Å². The van der Waals surface area contributed by atoms with Crippen LogP contribution in [0, 0.1) is 0 Å². The van der Waals surface area contributed by atoms with Crippen LogP contribution in [0.5, 0.6) is 11.5 Å². The first kappa shape index (κ1) is 18.4. The maximum atomic E-state index is 12.0. The highest BCUT2D eigenvalue weighted by molar-refractivity contribution is 7.99. The first-order valence-electron chi connectivity index (χ1n) is 8.93. The molecular formula is C20H19N3O4S. The molecule has 8 heteroatoms. The van der Waals surface area contributed by atoms with Gasteiger partial charge in [-0.3, -0.25) is 4.79 Å². The number of fused-ring (bicyclic) bond motifs is 1. The molecule has 1 aliphatic rings. The van der Waals surface area contributed by atoms with Gasteiger partial charge in [0, 0.05) is 6.54 Å². The molecule has 7 nitrogen and oxygen atoms in total. The van der Waals surface area contributed by atoms with Crippen molar-refractivity contribution in [3.63, 3.8) is 0 Å². The number of nitrogens with one attached hydrogen (secondary N) is 1. The third-order valence-corrected chi connectivity index (χ3v) is 4.93. The molecule has 1 unspecified atom stereocenters. The number of nitrogens with zero attached hydrogens (tertiary/aromatic N) is 2. The minimum atomic E-state index is -0.462. The van der Waals surface area contributed by atoms with E-state index in [0.717, 1.165) is 6.42 Å². The Bertz CT molecular complexity index is 932. The molecule has 1 atom stereocenters. The van der Waals surface area contributed by atoms with Gasteiger partial charge in [-0.25, -0.2) is 0 Å². The second-order valence-corrected chi connectivity index (χ2v) is 7.07. The summed E-state index contributed by atoms with van der Waals surface area (Å²) in [6.07, 6.45) is 0.332. The quantitative estimate of drug-likeness (QED) is 0.613. The van der Waals surface area contributed by atoms with Crippen molar-refractivity contribution in [3.8, 4) is 11.5 Å². The largest absolute Gasteiger partial charge is 0.485 e. The molecule has 1 N–H and O–H groups in total. The summed E-state index contributed by atoms with van der Waals surface area (Å²) in [4.78, 5) is 12.0. The van der Waals surface area contributed by atoms with E-state index in [1.54, 1.807) is 0 Å². The number of carbonyl (C=O) groups excluding carboxylic acids is 1. The minimum Gasteiger partial charge on any atom is -0.485 e. The lowest BCUT2D eigenvalue weighted by atomic mass is 10.1. The van der Waals surface area contributed by atoms with Crippen LogP contribution in [0.4, 0.5) is 0 Å². The average molecular weight is 397 g/mol. The Morgan fingerprint density at radius 1 is 1.07 bits per heavy atom. The van der Waals surface area contributed by atoms with E-state index in [4.69, 9.17) is 13.9 Å². The second kappa shape index (κ2) is 8.79. The predicted octanol–water partition coefficient (Wildman–Crippen LogP) is 3.03. The van der Waals surface area contributed by atoms with Crippen LogP contribution in [0.15, 0.2) is 64.2 Å². The number of para-hydroxylation sites is 2. The average Bonchev–Trinajstić information content (AvgIpc) is 3.22. The van der Waals surface area contributed by atoms with Gasteiger partial charge in [-0.15, -0.1) is 10.2 Å². The van der Waals surface area contributed by atoms with Gasteiger partial charge < -0.3 is 19.2 Å². The molecule has 0 saturated heterocycles. The molecule has 2 heterocycles. The third-order valence-electron chi connectivity index (χ3n) is 4.11. The molecule has 0 aliphatic carbocycles. The van der Waals surface area contributed by atoms with Gasteiger partial charge in [0.2, 0.25) is 12.0 Å². The fourth-order valence-corrected chi connectivity index (χ4v) is 3.32. The third kappa shape index (κ3) is 4.64. The van der Waals surface area contributed by atoms with Crippen molar-refractivity contribution < 1.29 is 18.7 Å². The van der Waals surface area contributed by atoms with Crippen LogP contribution in [0.1, 0.15) is 17.6 Å². The van der Waals surface area contributed by atoms with E-state index in [1.165, 1.54) is 17.3 Å². The number of hydrogen-bond acceptors (Lipinski definition) is 7. The Balaban J connectivity index is 1.23. The van der Waals surface area contributed by atoms with Crippen LogP contribution >= 0.6 is 11.8 Å². The summed E-state index contributed by atoms with van der Waals surface area (Å²) in [6, 6.07) is 17.4. The molecular weight excluding hydrogens is 378 g/mol. The molecule has 0 fully saturated rings. The Kier molecular flexibility index (Phi) is 5.77. The lowest BCUT2D eigenvalue weighted by Gasteiger charge is -2.23. The summed E-state index contributed by atoms with van der Waals surface area (Å²) in [5, 5.41) is 11.2. The van der Waals surface area contributed by atoms with Crippen molar-refractivity contribution in [2.75, 3.05) is 18.9 Å². The molecule has 0 radical (unpaired) electrons. The van der Waals surface area contributed by atoms with Crippen molar-refractivity contribution in [2.24, 2.45) is 0 Å². The number of thioether (sulfide) groups is 1. The minimum absolute atomic E-state index is 0.0770. The van der Waals surface area contributed by atoms with Gasteiger partial charge in [-0.1, -0.05) is 54.2 Å². The lowest BCUT2D eigenvalue weighted by Crippen LogP contribution is -2.27. The van der Waals surface area contributed by atoms with Crippen LogP contribution in [0.25, 0.3) is 0 Å². The van der Waals surface area contributed by atoms with Crippen LogP contribution in [0.3, 0.4) is 0 Å². The number of carbonyl (C=O) groups is 1. The van der Waals surface area contributed by atoms with E-state index in [-0.39, 0.29) is 11.7 Å². The van der Waals surface area contributed by atoms with Crippen LogP contribution in [0.2, 0.25) is 0 Å². The number of ether oxygens (including phenoxy) is 2. The zero-order chi connectivity index (χ0) is 19.2. The van der Waals surface area contributed by atoms with Gasteiger partial charge in [0.25, 0.3) is 11.1 Å². The summed E-state index contributed by atoms with van der Waals surface area (Å²) in [5.41, 5.74) is 1.19. The van der Waals surface area contributed by atoms with Gasteiger partial charge >= 0.3 is 0 Å². The van der Waals surface area contributed by atoms with E-state index in [2.05, 4.69) is 15.5 Å². The molecule has 3 aromatic rings. The number of benzene rings is 2. The van der Waals surface area contributed by atoms with E-state index in [9.17, 15) is 4.79 Å². The topological polar surface area (TPSA) is 86.5 Å². The first-order valence-corrected chi connectivity index (χ1v) is 9.92. The Hall–Kier alpha value is -3.00. The van der Waals surface area contributed by atoms with Crippen molar-refractivity contribution >= 4 is 17.7 Å². The number of amides is 1. The van der Waals surface area contributed by atoms with Crippen molar-refractivity contribution in [1.29, 1.82) is 0 Å². The monoisotopic (exact) mass is 397 g/mol. The highest BCUT2D eigenvalue weighted by Crippen LogP contribution is 2.35. The molecule has 0 spiro atoms. The Morgan fingerprint density at radius 3 is 2.71 bits per heavy atom. The maximum Gasteiger partial charge on any atom is 0.277 e. The van der Waals surface area contributed by atoms with Crippen molar-refractivity contribution in [3.05, 3.63) is 66.1 Å². The predicted molar refractivity (Wildman–Crippen MR) is 103 cm³/mol. The number of rotatable bonds is 7. The standard InChI is InChI=1S/C20H19N3O4S/c24-18(21-11-10-14-6-2-1-3-7-14)13-28-20-23-22-19(27-20)17-12-25-15-8-4-5-9-16(15)26-17/h1-9,17H,10-13H2,(H,21,24). The highest BCUT2D eigenvalue weighted by atomic mass is 32.2. The van der Waals surface area contributed by atoms with Gasteiger partial charge in [0.05, 0.1) is 5.75 Å². The summed E-state index contributed by atoms with van der Waals surface area (Å²) in [7, 11) is 0. The molecule has 1 amide bonds. The zero-order valence-corrected chi connectivity index (χ0v) is 15.9. The van der Waals surface area contributed by atoms with Gasteiger partial charge in [-0.05, 0) is 24.1 Å². The summed E-state index contributed by atoms with van der Waals surface area (Å²) >= 11 is 1.20. The van der Waals surface area contributed by atoms with Crippen LogP contribution < -0.4 is 14.8 Å². The molecule has 2 aromatic carbocycles. The normalized spacial score (nSPS) is 15.2. The van der Waals surface area contributed by atoms with E-state index >= 15 is 0 Å². The highest BCUT2D eigenvalue weighted by Gasteiger charge is 2.27. The number of aromatic nitrogens is 2. The van der Waals surface area contributed by atoms with Gasteiger partial charge in [-0.2, -0.15) is 0 Å². The SMILES string of the molecule is O=C(CSc1nnc(C2COc3ccccc3O2)o1)NCCc1ccccc1. The molecule has 1 aliphatic heterocycles. The smallest absolute Gasteiger partial charge is 0.277 e. The summed E-state index contributed by atoms with van der Waals surface area (Å²) in [5.74, 6) is 1.80. The fourth-order valence-electron chi connectivity index (χ4n) is 2.72. The van der Waals surface area contributed by atoms with Crippen LogP contribution in [-0.2, 0) is 11.2 Å². The van der Waals surface area contributed by atoms with Gasteiger partial charge in [0.15, 0.2) is 11.5 Å². The fraction of sp³-hybridized carbons (Fsp3) is 0.250. The van der Waals surface area contributed by atoms with Crippen LogP contribution in [-0.4, -0.2) is 35.0 Å².